The van der Waals surface area contributed by atoms with Gasteiger partial charge in [-0.05, 0) is 57.5 Å². The highest BCUT2D eigenvalue weighted by atomic mass is 35.5. The minimum atomic E-state index is -0.0105. The fraction of sp³-hybridized carbons (Fsp3) is 0.588. The van der Waals surface area contributed by atoms with Crippen LogP contribution in [0.15, 0.2) is 24.3 Å². The summed E-state index contributed by atoms with van der Waals surface area (Å²) in [5, 5.41) is 3.06. The molecule has 1 fully saturated rings. The lowest BCUT2D eigenvalue weighted by molar-refractivity contribution is 0.0797. The van der Waals surface area contributed by atoms with Crippen LogP contribution in [0.5, 0.6) is 0 Å². The van der Waals surface area contributed by atoms with Gasteiger partial charge in [-0.2, -0.15) is 0 Å². The monoisotopic (exact) mass is 325 g/mol. The number of hydrogen-bond acceptors (Lipinski definition) is 3. The van der Waals surface area contributed by atoms with Crippen LogP contribution < -0.4 is 11.1 Å². The van der Waals surface area contributed by atoms with Crippen molar-refractivity contribution in [1.29, 1.82) is 0 Å². The SMILES string of the molecule is CC(C)(CNC(=O)c1ccc(CN)cc1)N1CCCCC1.Cl. The fourth-order valence-corrected chi connectivity index (χ4v) is 2.80. The van der Waals surface area contributed by atoms with E-state index >= 15 is 0 Å². The predicted octanol–water partition coefficient (Wildman–Crippen LogP) is 2.56. The van der Waals surface area contributed by atoms with Crippen molar-refractivity contribution in [2.24, 2.45) is 5.73 Å². The van der Waals surface area contributed by atoms with Crippen LogP contribution in [0.1, 0.15) is 49.0 Å². The molecule has 1 heterocycles. The zero-order valence-corrected chi connectivity index (χ0v) is 14.4. The number of amides is 1. The highest BCUT2D eigenvalue weighted by Crippen LogP contribution is 2.20. The van der Waals surface area contributed by atoms with Crippen molar-refractivity contribution >= 4 is 18.3 Å². The van der Waals surface area contributed by atoms with Crippen LogP contribution in [0, 0.1) is 0 Å². The van der Waals surface area contributed by atoms with Crippen molar-refractivity contribution < 1.29 is 4.79 Å². The average molecular weight is 326 g/mol. The number of hydrogen-bond donors (Lipinski definition) is 2. The van der Waals surface area contributed by atoms with E-state index in [1.54, 1.807) is 0 Å². The van der Waals surface area contributed by atoms with E-state index in [1.165, 1.54) is 19.3 Å². The summed E-state index contributed by atoms with van der Waals surface area (Å²) in [6.45, 7) is 7.85. The summed E-state index contributed by atoms with van der Waals surface area (Å²) in [5.41, 5.74) is 7.31. The Morgan fingerprint density at radius 3 is 2.32 bits per heavy atom. The molecule has 1 saturated heterocycles. The third-order valence-electron chi connectivity index (χ3n) is 4.35. The van der Waals surface area contributed by atoms with Gasteiger partial charge in [-0.3, -0.25) is 9.69 Å². The van der Waals surface area contributed by atoms with Crippen LogP contribution in [0.3, 0.4) is 0 Å². The summed E-state index contributed by atoms with van der Waals surface area (Å²) in [4.78, 5) is 14.7. The van der Waals surface area contributed by atoms with Crippen LogP contribution in [-0.2, 0) is 6.54 Å². The maximum Gasteiger partial charge on any atom is 0.251 e. The lowest BCUT2D eigenvalue weighted by atomic mass is 9.98. The quantitative estimate of drug-likeness (QED) is 0.874. The van der Waals surface area contributed by atoms with E-state index in [0.29, 0.717) is 18.7 Å². The van der Waals surface area contributed by atoms with E-state index in [4.69, 9.17) is 5.73 Å². The Hall–Kier alpha value is -1.10. The zero-order valence-electron chi connectivity index (χ0n) is 13.6. The largest absolute Gasteiger partial charge is 0.350 e. The molecule has 2 rings (SSSR count). The predicted molar refractivity (Wildman–Crippen MR) is 93.4 cm³/mol. The van der Waals surface area contributed by atoms with E-state index in [1.807, 2.05) is 24.3 Å². The summed E-state index contributed by atoms with van der Waals surface area (Å²) >= 11 is 0. The number of rotatable bonds is 5. The van der Waals surface area contributed by atoms with E-state index in [2.05, 4.69) is 24.1 Å². The second-order valence-electron chi connectivity index (χ2n) is 6.44. The van der Waals surface area contributed by atoms with Gasteiger partial charge >= 0.3 is 0 Å². The molecule has 0 saturated carbocycles. The Labute approximate surface area is 139 Å². The molecule has 5 heteroatoms. The number of carbonyl (C=O) groups excluding carboxylic acids is 1. The Morgan fingerprint density at radius 2 is 1.77 bits per heavy atom. The van der Waals surface area contributed by atoms with E-state index in [9.17, 15) is 4.79 Å². The maximum atomic E-state index is 12.2. The summed E-state index contributed by atoms with van der Waals surface area (Å²) in [6, 6.07) is 7.49. The number of likely N-dealkylation sites (tertiary alicyclic amines) is 1. The third kappa shape index (κ3) is 4.97. The molecule has 1 aromatic rings. The lowest BCUT2D eigenvalue weighted by Crippen LogP contribution is -2.53. The molecule has 0 spiro atoms. The normalized spacial score (nSPS) is 16.0. The molecule has 0 atom stereocenters. The molecule has 0 radical (unpaired) electrons. The highest BCUT2D eigenvalue weighted by Gasteiger charge is 2.28. The van der Waals surface area contributed by atoms with Crippen molar-refractivity contribution in [3.05, 3.63) is 35.4 Å². The molecule has 0 aliphatic carbocycles. The van der Waals surface area contributed by atoms with Crippen LogP contribution in [0.4, 0.5) is 0 Å². The van der Waals surface area contributed by atoms with Gasteiger partial charge in [-0.1, -0.05) is 18.6 Å². The first-order valence-corrected chi connectivity index (χ1v) is 7.85. The van der Waals surface area contributed by atoms with Gasteiger partial charge in [0.25, 0.3) is 5.91 Å². The maximum absolute atomic E-state index is 12.2. The second-order valence-corrected chi connectivity index (χ2v) is 6.44. The van der Waals surface area contributed by atoms with Crippen molar-refractivity contribution in [2.75, 3.05) is 19.6 Å². The minimum Gasteiger partial charge on any atom is -0.350 e. The molecular formula is C17H28ClN3O. The summed E-state index contributed by atoms with van der Waals surface area (Å²) in [7, 11) is 0. The van der Waals surface area contributed by atoms with Gasteiger partial charge in [0.15, 0.2) is 0 Å². The molecule has 3 N–H and O–H groups in total. The summed E-state index contributed by atoms with van der Waals surface area (Å²) in [5.74, 6) is -0.0105. The summed E-state index contributed by atoms with van der Waals surface area (Å²) < 4.78 is 0. The highest BCUT2D eigenvalue weighted by molar-refractivity contribution is 5.94. The van der Waals surface area contributed by atoms with Gasteiger partial charge in [0.1, 0.15) is 0 Å². The van der Waals surface area contributed by atoms with Crippen molar-refractivity contribution in [1.82, 2.24) is 10.2 Å². The Bertz CT molecular complexity index is 467. The van der Waals surface area contributed by atoms with Crippen molar-refractivity contribution in [3.8, 4) is 0 Å². The van der Waals surface area contributed by atoms with Gasteiger partial charge in [0, 0.05) is 24.2 Å². The molecule has 0 aromatic heterocycles. The second kappa shape index (κ2) is 8.51. The van der Waals surface area contributed by atoms with Crippen LogP contribution in [0.2, 0.25) is 0 Å². The first kappa shape index (κ1) is 18.9. The van der Waals surface area contributed by atoms with Crippen LogP contribution >= 0.6 is 12.4 Å². The molecule has 4 nitrogen and oxygen atoms in total. The van der Waals surface area contributed by atoms with E-state index < -0.39 is 0 Å². The number of nitrogens with one attached hydrogen (secondary N) is 1. The van der Waals surface area contributed by atoms with Crippen molar-refractivity contribution in [3.63, 3.8) is 0 Å². The van der Waals surface area contributed by atoms with Gasteiger partial charge in [0.2, 0.25) is 0 Å². The lowest BCUT2D eigenvalue weighted by Gasteiger charge is -2.41. The molecule has 0 bridgehead atoms. The molecule has 1 aliphatic heterocycles. The topological polar surface area (TPSA) is 58.4 Å². The molecule has 124 valence electrons. The summed E-state index contributed by atoms with van der Waals surface area (Å²) in [6.07, 6.45) is 3.85. The minimum absolute atomic E-state index is 0. The molecule has 1 aromatic carbocycles. The first-order chi connectivity index (χ1) is 10.0. The molecule has 1 amide bonds. The number of nitrogens with zero attached hydrogens (tertiary/aromatic N) is 1. The molecule has 0 unspecified atom stereocenters. The molecule has 1 aliphatic rings. The Morgan fingerprint density at radius 1 is 1.18 bits per heavy atom. The molecular weight excluding hydrogens is 298 g/mol. The number of carbonyl (C=O) groups is 1. The number of benzene rings is 1. The van der Waals surface area contributed by atoms with Gasteiger partial charge < -0.3 is 11.1 Å². The smallest absolute Gasteiger partial charge is 0.251 e. The van der Waals surface area contributed by atoms with E-state index in [0.717, 1.165) is 18.7 Å². The number of piperidine rings is 1. The van der Waals surface area contributed by atoms with Gasteiger partial charge in [0.05, 0.1) is 0 Å². The third-order valence-corrected chi connectivity index (χ3v) is 4.35. The zero-order chi connectivity index (χ0) is 15.3. The first-order valence-electron chi connectivity index (χ1n) is 7.85. The number of nitrogens with two attached hydrogens (primary N) is 1. The fourth-order valence-electron chi connectivity index (χ4n) is 2.80. The Balaban J connectivity index is 0.00000242. The average Bonchev–Trinajstić information content (AvgIpc) is 2.53. The Kier molecular flexibility index (Phi) is 7.33. The van der Waals surface area contributed by atoms with Gasteiger partial charge in [-0.25, -0.2) is 0 Å². The van der Waals surface area contributed by atoms with E-state index in [-0.39, 0.29) is 23.9 Å². The number of halogens is 1. The van der Waals surface area contributed by atoms with Crippen LogP contribution in [-0.4, -0.2) is 36.0 Å². The van der Waals surface area contributed by atoms with Crippen LogP contribution in [0.25, 0.3) is 0 Å². The van der Waals surface area contributed by atoms with Gasteiger partial charge in [-0.15, -0.1) is 12.4 Å². The standard InChI is InChI=1S/C17H27N3O.ClH/c1-17(2,20-10-4-3-5-11-20)13-19-16(21)15-8-6-14(12-18)7-9-15;/h6-9H,3-5,10-13,18H2,1-2H3,(H,19,21);1H. The van der Waals surface area contributed by atoms with Crippen molar-refractivity contribution in [2.45, 2.75) is 45.2 Å². The molecule has 22 heavy (non-hydrogen) atoms.